The number of ether oxygens (including phenoxy) is 1. The molecule has 3 heteroatoms. The SMILES string of the molecule is COc1ccc(F)cc1C1NCCC12CCCCC2. The molecular weight excluding hydrogens is 241 g/mol. The number of hydrogen-bond donors (Lipinski definition) is 1. The maximum atomic E-state index is 13.6. The van der Waals surface area contributed by atoms with Gasteiger partial charge in [-0.15, -0.1) is 0 Å². The van der Waals surface area contributed by atoms with E-state index in [0.717, 1.165) is 17.9 Å². The summed E-state index contributed by atoms with van der Waals surface area (Å²) in [6.07, 6.45) is 7.66. The molecule has 3 rings (SSSR count). The molecule has 2 fully saturated rings. The van der Waals surface area contributed by atoms with E-state index in [0.29, 0.717) is 5.41 Å². The molecule has 1 saturated carbocycles. The topological polar surface area (TPSA) is 21.3 Å². The Balaban J connectivity index is 1.98. The van der Waals surface area contributed by atoms with Gasteiger partial charge in [0.1, 0.15) is 11.6 Å². The van der Waals surface area contributed by atoms with Gasteiger partial charge in [0, 0.05) is 11.6 Å². The molecule has 1 aliphatic heterocycles. The molecule has 1 unspecified atom stereocenters. The molecule has 1 atom stereocenters. The van der Waals surface area contributed by atoms with Crippen LogP contribution in [0, 0.1) is 11.2 Å². The van der Waals surface area contributed by atoms with Crippen molar-refractivity contribution in [3.8, 4) is 5.75 Å². The molecule has 104 valence electrons. The molecule has 19 heavy (non-hydrogen) atoms. The molecule has 0 radical (unpaired) electrons. The molecule has 0 aromatic heterocycles. The Hall–Kier alpha value is -1.09. The molecule has 1 aromatic rings. The molecule has 0 amide bonds. The predicted molar refractivity (Wildman–Crippen MR) is 73.8 cm³/mol. The summed E-state index contributed by atoms with van der Waals surface area (Å²) in [5.74, 6) is 0.640. The monoisotopic (exact) mass is 263 g/mol. The van der Waals surface area contributed by atoms with Crippen molar-refractivity contribution in [2.24, 2.45) is 5.41 Å². The minimum atomic E-state index is -0.171. The first kappa shape index (κ1) is 12.9. The first-order valence-electron chi connectivity index (χ1n) is 7.32. The fourth-order valence-electron chi connectivity index (χ4n) is 3.99. The van der Waals surface area contributed by atoms with Gasteiger partial charge in [0.2, 0.25) is 0 Å². The summed E-state index contributed by atoms with van der Waals surface area (Å²) in [5.41, 5.74) is 1.32. The predicted octanol–water partition coefficient (Wildman–Crippen LogP) is 3.82. The molecular formula is C16H22FNO. The van der Waals surface area contributed by atoms with Crippen LogP contribution >= 0.6 is 0 Å². The fourth-order valence-corrected chi connectivity index (χ4v) is 3.99. The van der Waals surface area contributed by atoms with Crippen molar-refractivity contribution in [1.29, 1.82) is 0 Å². The Bertz CT molecular complexity index is 454. The Labute approximate surface area is 114 Å². The molecule has 1 saturated heterocycles. The standard InChI is InChI=1S/C16H22FNO/c1-19-14-6-5-12(17)11-13(14)15-16(9-10-18-15)7-3-2-4-8-16/h5-6,11,15,18H,2-4,7-10H2,1H3. The van der Waals surface area contributed by atoms with Crippen LogP contribution in [0.3, 0.4) is 0 Å². The van der Waals surface area contributed by atoms with E-state index >= 15 is 0 Å². The van der Waals surface area contributed by atoms with Crippen LogP contribution < -0.4 is 10.1 Å². The van der Waals surface area contributed by atoms with Gasteiger partial charge in [0.15, 0.2) is 0 Å². The summed E-state index contributed by atoms with van der Waals surface area (Å²) in [4.78, 5) is 0. The van der Waals surface area contributed by atoms with Gasteiger partial charge in [-0.2, -0.15) is 0 Å². The Kier molecular flexibility index (Phi) is 3.48. The van der Waals surface area contributed by atoms with Crippen molar-refractivity contribution in [2.75, 3.05) is 13.7 Å². The van der Waals surface area contributed by atoms with Gasteiger partial charge in [0.05, 0.1) is 7.11 Å². The van der Waals surface area contributed by atoms with Crippen LogP contribution in [-0.2, 0) is 0 Å². The lowest BCUT2D eigenvalue weighted by Crippen LogP contribution is -2.31. The normalized spacial score (nSPS) is 25.7. The highest BCUT2D eigenvalue weighted by atomic mass is 19.1. The third-order valence-electron chi connectivity index (χ3n) is 4.94. The smallest absolute Gasteiger partial charge is 0.123 e. The minimum absolute atomic E-state index is 0.171. The van der Waals surface area contributed by atoms with E-state index in [9.17, 15) is 4.39 Å². The second kappa shape index (κ2) is 5.12. The molecule has 1 spiro atoms. The molecule has 2 aliphatic rings. The average Bonchev–Trinajstić information content (AvgIpc) is 2.82. The van der Waals surface area contributed by atoms with Gasteiger partial charge < -0.3 is 10.1 Å². The number of nitrogens with one attached hydrogen (secondary N) is 1. The molecule has 1 aromatic carbocycles. The van der Waals surface area contributed by atoms with Gasteiger partial charge in [-0.3, -0.25) is 0 Å². The summed E-state index contributed by atoms with van der Waals surface area (Å²) in [6, 6.07) is 5.13. The van der Waals surface area contributed by atoms with Crippen LogP contribution in [0.5, 0.6) is 5.75 Å². The Morgan fingerprint density at radius 3 is 2.74 bits per heavy atom. The van der Waals surface area contributed by atoms with Crippen molar-refractivity contribution >= 4 is 0 Å². The van der Waals surface area contributed by atoms with Crippen molar-refractivity contribution < 1.29 is 9.13 Å². The summed E-state index contributed by atoms with van der Waals surface area (Å²) in [5, 5.41) is 3.59. The zero-order chi connectivity index (χ0) is 13.3. The van der Waals surface area contributed by atoms with Crippen LogP contribution in [0.2, 0.25) is 0 Å². The highest BCUT2D eigenvalue weighted by molar-refractivity contribution is 5.38. The molecule has 1 aliphatic carbocycles. The van der Waals surface area contributed by atoms with E-state index in [1.807, 2.05) is 0 Å². The first-order chi connectivity index (χ1) is 9.25. The first-order valence-corrected chi connectivity index (χ1v) is 7.32. The van der Waals surface area contributed by atoms with Gasteiger partial charge in [0.25, 0.3) is 0 Å². The van der Waals surface area contributed by atoms with Gasteiger partial charge in [-0.05, 0) is 49.4 Å². The number of halogens is 1. The second-order valence-electron chi connectivity index (χ2n) is 5.95. The lowest BCUT2D eigenvalue weighted by atomic mass is 9.67. The van der Waals surface area contributed by atoms with E-state index in [1.165, 1.54) is 44.6 Å². The highest BCUT2D eigenvalue weighted by Crippen LogP contribution is 2.52. The maximum absolute atomic E-state index is 13.6. The zero-order valence-electron chi connectivity index (χ0n) is 11.5. The van der Waals surface area contributed by atoms with Crippen LogP contribution in [0.25, 0.3) is 0 Å². The molecule has 0 bridgehead atoms. The fraction of sp³-hybridized carbons (Fsp3) is 0.625. The summed E-state index contributed by atoms with van der Waals surface area (Å²) in [7, 11) is 1.67. The molecule has 2 nitrogen and oxygen atoms in total. The quantitative estimate of drug-likeness (QED) is 0.876. The van der Waals surface area contributed by atoms with Crippen molar-refractivity contribution in [1.82, 2.24) is 5.32 Å². The summed E-state index contributed by atoms with van der Waals surface area (Å²) in [6.45, 7) is 1.03. The number of methoxy groups -OCH3 is 1. The van der Waals surface area contributed by atoms with Crippen molar-refractivity contribution in [2.45, 2.75) is 44.6 Å². The lowest BCUT2D eigenvalue weighted by Gasteiger charge is -2.39. The van der Waals surface area contributed by atoms with E-state index < -0.39 is 0 Å². The average molecular weight is 263 g/mol. The van der Waals surface area contributed by atoms with Crippen LogP contribution in [0.15, 0.2) is 18.2 Å². The van der Waals surface area contributed by atoms with E-state index in [-0.39, 0.29) is 11.9 Å². The molecule has 1 N–H and O–H groups in total. The minimum Gasteiger partial charge on any atom is -0.496 e. The third kappa shape index (κ3) is 2.25. The maximum Gasteiger partial charge on any atom is 0.123 e. The van der Waals surface area contributed by atoms with Gasteiger partial charge in [-0.1, -0.05) is 19.3 Å². The van der Waals surface area contributed by atoms with E-state index in [1.54, 1.807) is 19.2 Å². The lowest BCUT2D eigenvalue weighted by molar-refractivity contribution is 0.162. The summed E-state index contributed by atoms with van der Waals surface area (Å²) < 4.78 is 19.0. The van der Waals surface area contributed by atoms with Crippen molar-refractivity contribution in [3.05, 3.63) is 29.6 Å². The van der Waals surface area contributed by atoms with Crippen LogP contribution in [0.1, 0.15) is 50.1 Å². The van der Waals surface area contributed by atoms with Crippen LogP contribution in [0.4, 0.5) is 4.39 Å². The second-order valence-corrected chi connectivity index (χ2v) is 5.95. The third-order valence-corrected chi connectivity index (χ3v) is 4.94. The van der Waals surface area contributed by atoms with E-state index in [4.69, 9.17) is 4.74 Å². The number of hydrogen-bond acceptors (Lipinski definition) is 2. The zero-order valence-corrected chi connectivity index (χ0v) is 11.5. The Morgan fingerprint density at radius 1 is 1.21 bits per heavy atom. The van der Waals surface area contributed by atoms with Crippen molar-refractivity contribution in [3.63, 3.8) is 0 Å². The van der Waals surface area contributed by atoms with E-state index in [2.05, 4.69) is 5.32 Å². The number of rotatable bonds is 2. The highest BCUT2D eigenvalue weighted by Gasteiger charge is 2.44. The number of benzene rings is 1. The summed E-state index contributed by atoms with van der Waals surface area (Å²) >= 11 is 0. The van der Waals surface area contributed by atoms with Gasteiger partial charge in [-0.25, -0.2) is 4.39 Å². The molecule has 1 heterocycles. The largest absolute Gasteiger partial charge is 0.496 e. The van der Waals surface area contributed by atoms with Gasteiger partial charge >= 0.3 is 0 Å². The Morgan fingerprint density at radius 2 is 2.00 bits per heavy atom. The van der Waals surface area contributed by atoms with Crippen LogP contribution in [-0.4, -0.2) is 13.7 Å².